The fraction of sp³-hybridized carbons (Fsp3) is 0.350. The predicted molar refractivity (Wildman–Crippen MR) is 104 cm³/mol. The van der Waals surface area contributed by atoms with Crippen molar-refractivity contribution in [1.82, 2.24) is 14.8 Å². The summed E-state index contributed by atoms with van der Waals surface area (Å²) in [5.74, 6) is 0.464. The molecule has 1 amide bonds. The van der Waals surface area contributed by atoms with Crippen molar-refractivity contribution in [3.8, 4) is 0 Å². The molecule has 2 aromatic rings. The van der Waals surface area contributed by atoms with Gasteiger partial charge in [-0.3, -0.25) is 14.9 Å². The first-order valence-electron chi connectivity index (χ1n) is 8.88. The first kappa shape index (κ1) is 17.0. The molecule has 6 heteroatoms. The number of benzene rings is 1. The lowest BCUT2D eigenvalue weighted by Crippen LogP contribution is -2.52. The van der Waals surface area contributed by atoms with E-state index in [-0.39, 0.29) is 17.4 Å². The molecule has 2 aliphatic heterocycles. The van der Waals surface area contributed by atoms with Crippen LogP contribution in [0.5, 0.6) is 0 Å². The number of hydrogen-bond acceptors (Lipinski definition) is 3. The molecular formula is C20H21N3O2S. The summed E-state index contributed by atoms with van der Waals surface area (Å²) in [6.45, 7) is 4.17. The molecule has 0 saturated carbocycles. The lowest BCUT2D eigenvalue weighted by Gasteiger charge is -2.43. The molecule has 134 valence electrons. The van der Waals surface area contributed by atoms with Crippen LogP contribution in [-0.2, 0) is 6.54 Å². The van der Waals surface area contributed by atoms with Gasteiger partial charge in [0.15, 0.2) is 5.11 Å². The van der Waals surface area contributed by atoms with E-state index in [1.54, 1.807) is 12.1 Å². The Hall–Kier alpha value is -2.47. The van der Waals surface area contributed by atoms with E-state index in [0.717, 1.165) is 37.3 Å². The van der Waals surface area contributed by atoms with E-state index in [1.165, 1.54) is 0 Å². The molecule has 1 fully saturated rings. The van der Waals surface area contributed by atoms with Crippen molar-refractivity contribution < 1.29 is 4.79 Å². The molecule has 2 bridgehead atoms. The van der Waals surface area contributed by atoms with Gasteiger partial charge in [-0.1, -0.05) is 23.8 Å². The third kappa shape index (κ3) is 3.17. The lowest BCUT2D eigenvalue weighted by atomic mass is 9.83. The average molecular weight is 367 g/mol. The van der Waals surface area contributed by atoms with Crippen molar-refractivity contribution in [1.29, 1.82) is 0 Å². The number of fused-ring (bicyclic) bond motifs is 4. The Kier molecular flexibility index (Phi) is 4.36. The number of thiocarbonyl (C=S) groups is 1. The van der Waals surface area contributed by atoms with Crippen molar-refractivity contribution in [3.05, 3.63) is 69.6 Å². The number of nitrogens with zero attached hydrogens (tertiary/aromatic N) is 2. The van der Waals surface area contributed by atoms with Crippen molar-refractivity contribution in [2.45, 2.75) is 25.8 Å². The number of amides is 1. The number of carbonyl (C=O) groups excluding carboxylic acids is 1. The Balaban J connectivity index is 1.49. The van der Waals surface area contributed by atoms with E-state index in [9.17, 15) is 9.59 Å². The van der Waals surface area contributed by atoms with Gasteiger partial charge in [0.1, 0.15) is 0 Å². The van der Waals surface area contributed by atoms with Crippen LogP contribution in [0.2, 0.25) is 0 Å². The highest BCUT2D eigenvalue weighted by molar-refractivity contribution is 7.80. The molecule has 4 rings (SSSR count). The van der Waals surface area contributed by atoms with Gasteiger partial charge in [-0.2, -0.15) is 0 Å². The van der Waals surface area contributed by atoms with Crippen molar-refractivity contribution in [2.24, 2.45) is 5.92 Å². The highest BCUT2D eigenvalue weighted by atomic mass is 32.1. The standard InChI is InChI=1S/C20H21N3O2S/c1-13-4-2-5-15(8-13)19(25)21-20(26)22-10-14-9-16(12-22)17-6-3-7-18(24)23(17)11-14/h2-8,14,16H,9-12H2,1H3,(H,21,25,26). The number of nitrogens with one attached hydrogen (secondary N) is 1. The maximum atomic E-state index is 12.5. The number of aryl methyl sites for hydroxylation is 1. The van der Waals surface area contributed by atoms with E-state index in [0.29, 0.717) is 16.6 Å². The van der Waals surface area contributed by atoms with Gasteiger partial charge in [0, 0.05) is 42.9 Å². The van der Waals surface area contributed by atoms with Crippen LogP contribution in [0.1, 0.15) is 34.0 Å². The van der Waals surface area contributed by atoms with Gasteiger partial charge in [-0.05, 0) is 49.7 Å². The maximum Gasteiger partial charge on any atom is 0.257 e. The third-order valence-electron chi connectivity index (χ3n) is 5.27. The summed E-state index contributed by atoms with van der Waals surface area (Å²) in [5.41, 5.74) is 2.80. The maximum absolute atomic E-state index is 12.5. The van der Waals surface area contributed by atoms with E-state index >= 15 is 0 Å². The molecule has 1 N–H and O–H groups in total. The van der Waals surface area contributed by atoms with Gasteiger partial charge in [0.2, 0.25) is 0 Å². The third-order valence-corrected chi connectivity index (χ3v) is 5.63. The Morgan fingerprint density at radius 1 is 1.15 bits per heavy atom. The normalized spacial score (nSPS) is 21.0. The summed E-state index contributed by atoms with van der Waals surface area (Å²) >= 11 is 5.51. The van der Waals surface area contributed by atoms with E-state index in [4.69, 9.17) is 12.2 Å². The van der Waals surface area contributed by atoms with Gasteiger partial charge in [-0.25, -0.2) is 0 Å². The number of carbonyl (C=O) groups is 1. The molecule has 0 aliphatic carbocycles. The summed E-state index contributed by atoms with van der Waals surface area (Å²) < 4.78 is 1.89. The van der Waals surface area contributed by atoms with Crippen LogP contribution in [0, 0.1) is 12.8 Å². The molecule has 0 spiro atoms. The average Bonchev–Trinajstić information content (AvgIpc) is 2.62. The predicted octanol–water partition coefficient (Wildman–Crippen LogP) is 2.29. The summed E-state index contributed by atoms with van der Waals surface area (Å²) in [7, 11) is 0. The Morgan fingerprint density at radius 3 is 2.77 bits per heavy atom. The number of aromatic nitrogens is 1. The molecule has 1 aromatic heterocycles. The Morgan fingerprint density at radius 2 is 1.96 bits per heavy atom. The molecular weight excluding hydrogens is 346 g/mol. The monoisotopic (exact) mass is 367 g/mol. The van der Waals surface area contributed by atoms with E-state index < -0.39 is 0 Å². The van der Waals surface area contributed by atoms with Crippen LogP contribution < -0.4 is 10.9 Å². The number of hydrogen-bond donors (Lipinski definition) is 1. The first-order chi connectivity index (χ1) is 12.5. The SMILES string of the molecule is Cc1cccc(C(=O)NC(=S)N2CC3CC(C2)c2cccc(=O)n2C3)c1. The molecule has 2 atom stereocenters. The van der Waals surface area contributed by atoms with Crippen LogP contribution in [0.4, 0.5) is 0 Å². The Labute approximate surface area is 157 Å². The summed E-state index contributed by atoms with van der Waals surface area (Å²) in [5, 5.41) is 3.34. The van der Waals surface area contributed by atoms with E-state index in [1.807, 2.05) is 41.8 Å². The summed E-state index contributed by atoms with van der Waals surface area (Å²) in [6.07, 6.45) is 1.06. The summed E-state index contributed by atoms with van der Waals surface area (Å²) in [4.78, 5) is 26.6. The van der Waals surface area contributed by atoms with Crippen molar-refractivity contribution >= 4 is 23.2 Å². The molecule has 1 saturated heterocycles. The minimum Gasteiger partial charge on any atom is -0.348 e. The fourth-order valence-corrected chi connectivity index (χ4v) is 4.34. The number of piperidine rings is 1. The molecule has 2 aliphatic rings. The second kappa shape index (κ2) is 6.68. The smallest absolute Gasteiger partial charge is 0.257 e. The van der Waals surface area contributed by atoms with Crippen molar-refractivity contribution in [3.63, 3.8) is 0 Å². The quantitative estimate of drug-likeness (QED) is 0.786. The lowest BCUT2D eigenvalue weighted by molar-refractivity contribution is 0.0968. The van der Waals surface area contributed by atoms with Crippen LogP contribution in [0.3, 0.4) is 0 Å². The molecule has 5 nitrogen and oxygen atoms in total. The number of likely N-dealkylation sites (tertiary alicyclic amines) is 1. The summed E-state index contributed by atoms with van der Waals surface area (Å²) in [6, 6.07) is 12.9. The molecule has 26 heavy (non-hydrogen) atoms. The molecule has 1 aromatic carbocycles. The second-order valence-corrected chi connectivity index (χ2v) is 7.62. The largest absolute Gasteiger partial charge is 0.348 e. The van der Waals surface area contributed by atoms with Crippen LogP contribution in [-0.4, -0.2) is 33.6 Å². The number of rotatable bonds is 1. The van der Waals surface area contributed by atoms with Gasteiger partial charge in [0.25, 0.3) is 11.5 Å². The van der Waals surface area contributed by atoms with Crippen LogP contribution >= 0.6 is 12.2 Å². The minimum atomic E-state index is -0.175. The molecule has 2 unspecified atom stereocenters. The zero-order valence-corrected chi connectivity index (χ0v) is 15.5. The minimum absolute atomic E-state index is 0.0703. The highest BCUT2D eigenvalue weighted by Crippen LogP contribution is 2.34. The highest BCUT2D eigenvalue weighted by Gasteiger charge is 2.35. The Bertz CT molecular complexity index is 937. The molecule has 3 heterocycles. The molecule has 0 radical (unpaired) electrons. The fourth-order valence-electron chi connectivity index (χ4n) is 4.10. The van der Waals surface area contributed by atoms with Crippen molar-refractivity contribution in [2.75, 3.05) is 13.1 Å². The van der Waals surface area contributed by atoms with Gasteiger partial charge in [-0.15, -0.1) is 0 Å². The zero-order valence-electron chi connectivity index (χ0n) is 14.6. The topological polar surface area (TPSA) is 54.3 Å². The first-order valence-corrected chi connectivity index (χ1v) is 9.29. The second-order valence-electron chi connectivity index (χ2n) is 7.23. The van der Waals surface area contributed by atoms with Gasteiger partial charge < -0.3 is 9.47 Å². The van der Waals surface area contributed by atoms with Crippen LogP contribution in [0.15, 0.2) is 47.3 Å². The zero-order chi connectivity index (χ0) is 18.3. The van der Waals surface area contributed by atoms with Crippen LogP contribution in [0.25, 0.3) is 0 Å². The van der Waals surface area contributed by atoms with E-state index in [2.05, 4.69) is 10.2 Å². The van der Waals surface area contributed by atoms with Gasteiger partial charge in [0.05, 0.1) is 0 Å². The number of pyridine rings is 1. The van der Waals surface area contributed by atoms with Gasteiger partial charge >= 0.3 is 0 Å².